The number of hydrogen-bond donors (Lipinski definition) is 1. The van der Waals surface area contributed by atoms with E-state index in [1.54, 1.807) is 0 Å². The lowest BCUT2D eigenvalue weighted by Gasteiger charge is -2.15. The molecule has 0 radical (unpaired) electrons. The average Bonchev–Trinajstić information content (AvgIpc) is 2.32. The third-order valence-electron chi connectivity index (χ3n) is 2.55. The monoisotopic (exact) mass is 295 g/mol. The molecule has 1 atom stereocenters. The molecule has 1 N–H and O–H groups in total. The Morgan fingerprint density at radius 2 is 2.00 bits per heavy atom. The number of hydrogen-bond acceptors (Lipinski definition) is 2. The van der Waals surface area contributed by atoms with Crippen molar-refractivity contribution in [2.45, 2.75) is 25.6 Å². The summed E-state index contributed by atoms with van der Waals surface area (Å²) in [5.74, 6) is 0. The minimum absolute atomic E-state index is 0.0521. The van der Waals surface area contributed by atoms with Crippen molar-refractivity contribution in [3.05, 3.63) is 34.9 Å². The van der Waals surface area contributed by atoms with Gasteiger partial charge in [0.25, 0.3) is 0 Å². The predicted molar refractivity (Wildman–Crippen MR) is 69.4 cm³/mol. The van der Waals surface area contributed by atoms with Gasteiger partial charge in [0.05, 0.1) is 0 Å². The molecule has 1 aromatic rings. The van der Waals surface area contributed by atoms with Gasteiger partial charge >= 0.3 is 6.18 Å². The maximum atomic E-state index is 11.8. The average molecular weight is 296 g/mol. The Morgan fingerprint density at radius 1 is 1.32 bits per heavy atom. The zero-order valence-electron chi connectivity index (χ0n) is 10.6. The van der Waals surface area contributed by atoms with Crippen LogP contribution in [0.5, 0.6) is 0 Å². The van der Waals surface area contributed by atoms with Crippen LogP contribution in [0.15, 0.2) is 24.3 Å². The van der Waals surface area contributed by atoms with Crippen molar-refractivity contribution < 1.29 is 17.9 Å². The standard InChI is InChI=1S/C13H17ClF3NO/c1-10(11-5-2-3-6-12(11)14)18-7-4-8-19-9-13(15,16)17/h2-3,5-6,10,18H,4,7-9H2,1H3. The molecule has 0 heterocycles. The maximum absolute atomic E-state index is 11.8. The van der Waals surface area contributed by atoms with E-state index in [9.17, 15) is 13.2 Å². The van der Waals surface area contributed by atoms with Gasteiger partial charge in [-0.15, -0.1) is 0 Å². The first kappa shape index (κ1) is 16.3. The zero-order valence-corrected chi connectivity index (χ0v) is 11.4. The number of halogens is 4. The molecule has 0 amide bonds. The van der Waals surface area contributed by atoms with Crippen molar-refractivity contribution in [3.8, 4) is 0 Å². The van der Waals surface area contributed by atoms with E-state index in [2.05, 4.69) is 10.1 Å². The summed E-state index contributed by atoms with van der Waals surface area (Å²) in [4.78, 5) is 0. The highest BCUT2D eigenvalue weighted by Gasteiger charge is 2.27. The number of ether oxygens (including phenoxy) is 1. The van der Waals surface area contributed by atoms with Crippen LogP contribution in [0.2, 0.25) is 5.02 Å². The molecule has 1 rings (SSSR count). The van der Waals surface area contributed by atoms with Crippen LogP contribution in [0.4, 0.5) is 13.2 Å². The van der Waals surface area contributed by atoms with Gasteiger partial charge in [-0.2, -0.15) is 13.2 Å². The van der Waals surface area contributed by atoms with Crippen molar-refractivity contribution in [3.63, 3.8) is 0 Å². The summed E-state index contributed by atoms with van der Waals surface area (Å²) in [6.45, 7) is 1.43. The summed E-state index contributed by atoms with van der Waals surface area (Å²) < 4.78 is 39.9. The largest absolute Gasteiger partial charge is 0.411 e. The van der Waals surface area contributed by atoms with E-state index in [-0.39, 0.29) is 12.6 Å². The van der Waals surface area contributed by atoms with E-state index < -0.39 is 12.8 Å². The summed E-state index contributed by atoms with van der Waals surface area (Å²) in [6.07, 6.45) is -3.73. The highest BCUT2D eigenvalue weighted by molar-refractivity contribution is 6.31. The van der Waals surface area contributed by atoms with Crippen LogP contribution in [-0.2, 0) is 4.74 Å². The molecule has 0 aliphatic carbocycles. The first-order chi connectivity index (χ1) is 8.90. The van der Waals surface area contributed by atoms with E-state index in [4.69, 9.17) is 11.6 Å². The van der Waals surface area contributed by atoms with E-state index in [1.165, 1.54) is 0 Å². The lowest BCUT2D eigenvalue weighted by Crippen LogP contribution is -2.22. The van der Waals surface area contributed by atoms with Gasteiger partial charge in [0.2, 0.25) is 0 Å². The number of rotatable bonds is 7. The second-order valence-electron chi connectivity index (χ2n) is 4.22. The molecule has 2 nitrogen and oxygen atoms in total. The summed E-state index contributed by atoms with van der Waals surface area (Å²) >= 11 is 6.04. The highest BCUT2D eigenvalue weighted by atomic mass is 35.5. The Balaban J connectivity index is 2.18. The lowest BCUT2D eigenvalue weighted by molar-refractivity contribution is -0.173. The van der Waals surface area contributed by atoms with Crippen LogP contribution in [0.1, 0.15) is 24.9 Å². The number of alkyl halides is 3. The summed E-state index contributed by atoms with van der Waals surface area (Å²) in [6, 6.07) is 7.52. The molecular formula is C13H17ClF3NO. The predicted octanol–water partition coefficient (Wildman–Crippen LogP) is 3.96. The molecule has 0 saturated carbocycles. The summed E-state index contributed by atoms with van der Waals surface area (Å²) in [7, 11) is 0. The molecule has 0 fully saturated rings. The van der Waals surface area contributed by atoms with Gasteiger partial charge in [-0.05, 0) is 31.5 Å². The summed E-state index contributed by atoms with van der Waals surface area (Å²) in [5, 5.41) is 3.87. The van der Waals surface area contributed by atoms with Crippen LogP contribution in [0, 0.1) is 0 Å². The molecule has 0 aliphatic rings. The highest BCUT2D eigenvalue weighted by Crippen LogP contribution is 2.21. The molecular weight excluding hydrogens is 279 g/mol. The third kappa shape index (κ3) is 6.80. The van der Waals surface area contributed by atoms with E-state index in [0.29, 0.717) is 18.0 Å². The summed E-state index contributed by atoms with van der Waals surface area (Å²) in [5.41, 5.74) is 0.973. The van der Waals surface area contributed by atoms with Crippen LogP contribution < -0.4 is 5.32 Å². The fraction of sp³-hybridized carbons (Fsp3) is 0.538. The molecule has 1 unspecified atom stereocenters. The Bertz CT molecular complexity index is 384. The second kappa shape index (κ2) is 7.72. The minimum Gasteiger partial charge on any atom is -0.372 e. The molecule has 0 aromatic heterocycles. The normalized spacial score (nSPS) is 13.5. The fourth-order valence-electron chi connectivity index (χ4n) is 1.62. The van der Waals surface area contributed by atoms with Gasteiger partial charge in [0, 0.05) is 17.7 Å². The van der Waals surface area contributed by atoms with Gasteiger partial charge in [0.1, 0.15) is 6.61 Å². The van der Waals surface area contributed by atoms with Gasteiger partial charge < -0.3 is 10.1 Å². The van der Waals surface area contributed by atoms with Gasteiger partial charge in [-0.1, -0.05) is 29.8 Å². The van der Waals surface area contributed by atoms with Crippen molar-refractivity contribution in [2.24, 2.45) is 0 Å². The van der Waals surface area contributed by atoms with Crippen LogP contribution in [-0.4, -0.2) is 25.9 Å². The Labute approximate surface area is 115 Å². The smallest absolute Gasteiger partial charge is 0.372 e. The van der Waals surface area contributed by atoms with Gasteiger partial charge in [-0.25, -0.2) is 0 Å². The zero-order chi connectivity index (χ0) is 14.3. The molecule has 6 heteroatoms. The van der Waals surface area contributed by atoms with Crippen LogP contribution >= 0.6 is 11.6 Å². The first-order valence-electron chi connectivity index (χ1n) is 6.02. The Hall–Kier alpha value is -0.780. The maximum Gasteiger partial charge on any atom is 0.411 e. The molecule has 0 saturated heterocycles. The topological polar surface area (TPSA) is 21.3 Å². The number of benzene rings is 1. The molecule has 108 valence electrons. The molecule has 1 aromatic carbocycles. The van der Waals surface area contributed by atoms with Gasteiger partial charge in [0.15, 0.2) is 0 Å². The van der Waals surface area contributed by atoms with Crippen LogP contribution in [0.25, 0.3) is 0 Å². The first-order valence-corrected chi connectivity index (χ1v) is 6.40. The minimum atomic E-state index is -4.25. The number of nitrogens with one attached hydrogen (secondary N) is 1. The Kier molecular flexibility index (Phi) is 6.62. The SMILES string of the molecule is CC(NCCCOCC(F)(F)F)c1ccccc1Cl. The quantitative estimate of drug-likeness (QED) is 0.769. The van der Waals surface area contributed by atoms with Crippen molar-refractivity contribution >= 4 is 11.6 Å². The molecule has 19 heavy (non-hydrogen) atoms. The second-order valence-corrected chi connectivity index (χ2v) is 4.63. The van der Waals surface area contributed by atoms with Crippen LogP contribution in [0.3, 0.4) is 0 Å². The molecule has 0 aliphatic heterocycles. The van der Waals surface area contributed by atoms with Crippen molar-refractivity contribution in [1.29, 1.82) is 0 Å². The van der Waals surface area contributed by atoms with E-state index in [1.807, 2.05) is 31.2 Å². The third-order valence-corrected chi connectivity index (χ3v) is 2.90. The van der Waals surface area contributed by atoms with E-state index in [0.717, 1.165) is 5.56 Å². The molecule has 0 spiro atoms. The van der Waals surface area contributed by atoms with Crippen molar-refractivity contribution in [2.75, 3.05) is 19.8 Å². The lowest BCUT2D eigenvalue weighted by atomic mass is 10.1. The molecule has 0 bridgehead atoms. The van der Waals surface area contributed by atoms with E-state index >= 15 is 0 Å². The van der Waals surface area contributed by atoms with Crippen molar-refractivity contribution in [1.82, 2.24) is 5.32 Å². The van der Waals surface area contributed by atoms with Gasteiger partial charge in [-0.3, -0.25) is 0 Å². The Morgan fingerprint density at radius 3 is 2.63 bits per heavy atom. The fourth-order valence-corrected chi connectivity index (χ4v) is 1.92.